The van der Waals surface area contributed by atoms with Gasteiger partial charge < -0.3 is 5.32 Å². The molecule has 2 aromatic rings. The first-order valence-corrected chi connectivity index (χ1v) is 5.57. The average Bonchev–Trinajstić information content (AvgIpc) is 2.74. The van der Waals surface area contributed by atoms with Crippen LogP contribution in [0.25, 0.3) is 0 Å². The highest BCUT2D eigenvalue weighted by atomic mass is 79.9. The summed E-state index contributed by atoms with van der Waals surface area (Å²) in [6.45, 7) is 2.09. The Morgan fingerprint density at radius 2 is 2.13 bits per heavy atom. The second-order valence-corrected chi connectivity index (χ2v) is 4.21. The van der Waals surface area contributed by atoms with Crippen molar-refractivity contribution in [2.75, 3.05) is 5.32 Å². The molecule has 0 aliphatic rings. The number of aromatic amines is 1. The first-order valence-electron chi connectivity index (χ1n) is 4.77. The monoisotopic (exact) mass is 265 g/mol. The van der Waals surface area contributed by atoms with Crippen molar-refractivity contribution in [3.05, 3.63) is 46.7 Å². The van der Waals surface area contributed by atoms with Crippen molar-refractivity contribution >= 4 is 21.6 Å². The third kappa shape index (κ3) is 2.39. The molecule has 1 atom stereocenters. The van der Waals surface area contributed by atoms with E-state index >= 15 is 0 Å². The topological polar surface area (TPSA) is 40.7 Å². The van der Waals surface area contributed by atoms with E-state index in [0.29, 0.717) is 0 Å². The van der Waals surface area contributed by atoms with Crippen LogP contribution in [0.4, 0.5) is 5.69 Å². The number of hydrogen-bond donors (Lipinski definition) is 2. The van der Waals surface area contributed by atoms with E-state index in [2.05, 4.69) is 38.4 Å². The highest BCUT2D eigenvalue weighted by molar-refractivity contribution is 9.10. The van der Waals surface area contributed by atoms with Crippen LogP contribution in [0, 0.1) is 0 Å². The Balaban J connectivity index is 2.13. The molecule has 1 heterocycles. The van der Waals surface area contributed by atoms with Crippen molar-refractivity contribution in [3.8, 4) is 0 Å². The molecule has 0 radical (unpaired) electrons. The Labute approximate surface area is 97.0 Å². The molecule has 4 heteroatoms. The predicted molar refractivity (Wildman–Crippen MR) is 64.8 cm³/mol. The number of nitrogens with one attached hydrogen (secondary N) is 2. The van der Waals surface area contributed by atoms with Gasteiger partial charge in [0.2, 0.25) is 0 Å². The van der Waals surface area contributed by atoms with Crippen molar-refractivity contribution in [1.82, 2.24) is 10.2 Å². The molecular formula is C11H12BrN3. The summed E-state index contributed by atoms with van der Waals surface area (Å²) in [5.41, 5.74) is 2.16. The number of benzene rings is 1. The molecule has 15 heavy (non-hydrogen) atoms. The van der Waals surface area contributed by atoms with Crippen molar-refractivity contribution in [2.24, 2.45) is 0 Å². The summed E-state index contributed by atoms with van der Waals surface area (Å²) < 4.78 is 1.07. The van der Waals surface area contributed by atoms with Crippen molar-refractivity contribution in [2.45, 2.75) is 13.0 Å². The average molecular weight is 266 g/mol. The molecule has 78 valence electrons. The molecule has 2 N–H and O–H groups in total. The van der Waals surface area contributed by atoms with Gasteiger partial charge in [-0.1, -0.05) is 12.1 Å². The Morgan fingerprint density at radius 3 is 2.80 bits per heavy atom. The van der Waals surface area contributed by atoms with Gasteiger partial charge in [0.15, 0.2) is 0 Å². The van der Waals surface area contributed by atoms with E-state index in [0.717, 1.165) is 15.9 Å². The standard InChI is InChI=1S/C11H12BrN3/c1-8(10-6-7-13-15-10)14-11-5-3-2-4-9(11)12/h2-8,14H,1H3,(H,13,15). The lowest BCUT2D eigenvalue weighted by molar-refractivity contribution is 0.825. The van der Waals surface area contributed by atoms with Crippen molar-refractivity contribution in [3.63, 3.8) is 0 Å². The van der Waals surface area contributed by atoms with Crippen LogP contribution in [-0.2, 0) is 0 Å². The van der Waals surface area contributed by atoms with Gasteiger partial charge in [-0.15, -0.1) is 0 Å². The van der Waals surface area contributed by atoms with Crippen molar-refractivity contribution in [1.29, 1.82) is 0 Å². The predicted octanol–water partition coefficient (Wildman–Crippen LogP) is 3.35. The fraction of sp³-hybridized carbons (Fsp3) is 0.182. The molecule has 0 bridgehead atoms. The molecule has 1 unspecified atom stereocenters. The van der Waals surface area contributed by atoms with E-state index in [9.17, 15) is 0 Å². The maximum absolute atomic E-state index is 3.93. The molecule has 3 nitrogen and oxygen atoms in total. The zero-order chi connectivity index (χ0) is 10.7. The largest absolute Gasteiger partial charge is 0.376 e. The molecule has 1 aromatic carbocycles. The van der Waals surface area contributed by atoms with Crippen LogP contribution < -0.4 is 5.32 Å². The molecular weight excluding hydrogens is 254 g/mol. The maximum Gasteiger partial charge on any atom is 0.0651 e. The fourth-order valence-corrected chi connectivity index (χ4v) is 1.80. The maximum atomic E-state index is 3.93. The summed E-state index contributed by atoms with van der Waals surface area (Å²) in [6, 6.07) is 10.2. The quantitative estimate of drug-likeness (QED) is 0.894. The minimum Gasteiger partial charge on any atom is -0.376 e. The van der Waals surface area contributed by atoms with Crippen molar-refractivity contribution < 1.29 is 0 Å². The third-order valence-electron chi connectivity index (χ3n) is 2.23. The van der Waals surface area contributed by atoms with Gasteiger partial charge in [0.25, 0.3) is 0 Å². The van der Waals surface area contributed by atoms with Gasteiger partial charge >= 0.3 is 0 Å². The Morgan fingerprint density at radius 1 is 1.33 bits per heavy atom. The molecule has 0 aliphatic heterocycles. The zero-order valence-electron chi connectivity index (χ0n) is 8.37. The molecule has 0 saturated heterocycles. The van der Waals surface area contributed by atoms with E-state index in [-0.39, 0.29) is 6.04 Å². The highest BCUT2D eigenvalue weighted by Gasteiger charge is 2.07. The molecule has 0 saturated carbocycles. The number of hydrogen-bond acceptors (Lipinski definition) is 2. The van der Waals surface area contributed by atoms with Crippen LogP contribution in [-0.4, -0.2) is 10.2 Å². The van der Waals surface area contributed by atoms with Gasteiger partial charge in [-0.3, -0.25) is 5.10 Å². The Hall–Kier alpha value is -1.29. The van der Waals surface area contributed by atoms with Gasteiger partial charge in [-0.2, -0.15) is 5.10 Å². The minimum absolute atomic E-state index is 0.214. The summed E-state index contributed by atoms with van der Waals surface area (Å²) in [6.07, 6.45) is 1.76. The van der Waals surface area contributed by atoms with Crippen LogP contribution in [0.3, 0.4) is 0 Å². The van der Waals surface area contributed by atoms with Gasteiger partial charge in [0.05, 0.1) is 11.7 Å². The number of anilines is 1. The summed E-state index contributed by atoms with van der Waals surface area (Å²) in [4.78, 5) is 0. The zero-order valence-corrected chi connectivity index (χ0v) is 9.95. The molecule has 0 aliphatic carbocycles. The fourth-order valence-electron chi connectivity index (χ4n) is 1.40. The lowest BCUT2D eigenvalue weighted by Crippen LogP contribution is -2.07. The van der Waals surface area contributed by atoms with Gasteiger partial charge in [0.1, 0.15) is 0 Å². The number of rotatable bonds is 3. The molecule has 0 spiro atoms. The van der Waals surface area contributed by atoms with E-state index < -0.39 is 0 Å². The van der Waals surface area contributed by atoms with Crippen LogP contribution in [0.15, 0.2) is 41.0 Å². The number of nitrogens with zero attached hydrogens (tertiary/aromatic N) is 1. The van der Waals surface area contributed by atoms with Gasteiger partial charge in [0, 0.05) is 16.4 Å². The first kappa shape index (κ1) is 10.2. The molecule has 0 amide bonds. The Kier molecular flexibility index (Phi) is 3.06. The van der Waals surface area contributed by atoms with Gasteiger partial charge in [-0.25, -0.2) is 0 Å². The molecule has 1 aromatic heterocycles. The Bertz CT molecular complexity index is 425. The van der Waals surface area contributed by atoms with E-state index in [4.69, 9.17) is 0 Å². The second-order valence-electron chi connectivity index (χ2n) is 3.36. The van der Waals surface area contributed by atoms with Crippen LogP contribution in [0.1, 0.15) is 18.7 Å². The van der Waals surface area contributed by atoms with E-state index in [1.54, 1.807) is 6.20 Å². The van der Waals surface area contributed by atoms with Crippen LogP contribution in [0.5, 0.6) is 0 Å². The summed E-state index contributed by atoms with van der Waals surface area (Å²) in [7, 11) is 0. The highest BCUT2D eigenvalue weighted by Crippen LogP contribution is 2.25. The molecule has 2 rings (SSSR count). The molecule has 0 fully saturated rings. The number of aromatic nitrogens is 2. The van der Waals surface area contributed by atoms with Crippen LogP contribution >= 0.6 is 15.9 Å². The normalized spacial score (nSPS) is 12.4. The first-order chi connectivity index (χ1) is 7.27. The van der Waals surface area contributed by atoms with Gasteiger partial charge in [-0.05, 0) is 41.1 Å². The summed E-state index contributed by atoms with van der Waals surface area (Å²) in [5.74, 6) is 0. The summed E-state index contributed by atoms with van der Waals surface area (Å²) >= 11 is 3.50. The second kappa shape index (κ2) is 4.49. The van der Waals surface area contributed by atoms with E-state index in [1.165, 1.54) is 0 Å². The van der Waals surface area contributed by atoms with Crippen LogP contribution in [0.2, 0.25) is 0 Å². The number of H-pyrrole nitrogens is 1. The van der Waals surface area contributed by atoms with E-state index in [1.807, 2.05) is 30.3 Å². The third-order valence-corrected chi connectivity index (χ3v) is 2.93. The number of halogens is 1. The minimum atomic E-state index is 0.214. The SMILES string of the molecule is CC(Nc1ccccc1Br)c1ccn[nH]1. The number of para-hydroxylation sites is 1. The lowest BCUT2D eigenvalue weighted by atomic mass is 10.2. The smallest absolute Gasteiger partial charge is 0.0651 e. The lowest BCUT2D eigenvalue weighted by Gasteiger charge is -2.14. The summed E-state index contributed by atoms with van der Waals surface area (Å²) in [5, 5.41) is 10.3.